The minimum absolute atomic E-state index is 0.00336. The van der Waals surface area contributed by atoms with Crippen molar-refractivity contribution in [1.29, 1.82) is 0 Å². The van der Waals surface area contributed by atoms with E-state index in [1.54, 1.807) is 0 Å². The average molecular weight is 280 g/mol. The topological polar surface area (TPSA) is 44.8 Å². The molecule has 1 saturated carbocycles. The van der Waals surface area contributed by atoms with Crippen molar-refractivity contribution in [3.63, 3.8) is 0 Å². The van der Waals surface area contributed by atoms with Gasteiger partial charge in [-0.2, -0.15) is 0 Å². The van der Waals surface area contributed by atoms with E-state index in [1.807, 2.05) is 40.6 Å². The van der Waals surface area contributed by atoms with Gasteiger partial charge >= 0.3 is 13.1 Å². The van der Waals surface area contributed by atoms with Gasteiger partial charge in [0.15, 0.2) is 0 Å². The smallest absolute Gasteiger partial charge is 0.466 e. The van der Waals surface area contributed by atoms with Gasteiger partial charge in [0.1, 0.15) is 0 Å². The first-order valence-corrected chi connectivity index (χ1v) is 7.47. The van der Waals surface area contributed by atoms with Gasteiger partial charge < -0.3 is 14.0 Å². The van der Waals surface area contributed by atoms with Gasteiger partial charge in [-0.15, -0.1) is 0 Å². The molecule has 0 amide bonds. The average Bonchev–Trinajstić information content (AvgIpc) is 2.83. The van der Waals surface area contributed by atoms with Crippen LogP contribution in [0.4, 0.5) is 0 Å². The number of ether oxygens (including phenoxy) is 1. The van der Waals surface area contributed by atoms with Gasteiger partial charge in [0.2, 0.25) is 0 Å². The van der Waals surface area contributed by atoms with Gasteiger partial charge in [-0.25, -0.2) is 0 Å². The Labute approximate surface area is 122 Å². The molecule has 0 spiro atoms. The van der Waals surface area contributed by atoms with Gasteiger partial charge in [-0.3, -0.25) is 4.79 Å². The zero-order valence-corrected chi connectivity index (χ0v) is 13.2. The maximum atomic E-state index is 11.7. The predicted molar refractivity (Wildman–Crippen MR) is 78.1 cm³/mol. The summed E-state index contributed by atoms with van der Waals surface area (Å²) in [7, 11) is -0.309. The normalized spacial score (nSPS) is 29.9. The van der Waals surface area contributed by atoms with Crippen molar-refractivity contribution in [2.75, 3.05) is 6.61 Å². The van der Waals surface area contributed by atoms with Crippen LogP contribution in [0.5, 0.6) is 0 Å². The van der Waals surface area contributed by atoms with Crippen LogP contribution in [0, 0.1) is 5.92 Å². The van der Waals surface area contributed by atoms with E-state index in [1.165, 1.54) is 5.57 Å². The first-order chi connectivity index (χ1) is 9.25. The summed E-state index contributed by atoms with van der Waals surface area (Å²) >= 11 is 0. The Balaban J connectivity index is 1.96. The summed E-state index contributed by atoms with van der Waals surface area (Å²) in [5.41, 5.74) is 0.614. The highest BCUT2D eigenvalue weighted by Crippen LogP contribution is 2.38. The van der Waals surface area contributed by atoms with Gasteiger partial charge in [0.25, 0.3) is 0 Å². The standard InChI is InChI=1S/C15H25BO4/c1-6-18-13(17)12-8-7-11(9-12)10-16-19-14(2,3)15(4,5)20-16/h10,12H,6-9H2,1-5H3/b11-10+. The van der Waals surface area contributed by atoms with Crippen LogP contribution in [0.1, 0.15) is 53.9 Å². The molecule has 112 valence electrons. The van der Waals surface area contributed by atoms with E-state index in [2.05, 4.69) is 0 Å². The highest BCUT2D eigenvalue weighted by atomic mass is 16.7. The molecule has 2 rings (SSSR count). The Morgan fingerprint density at radius 2 is 1.95 bits per heavy atom. The maximum absolute atomic E-state index is 11.7. The fourth-order valence-electron chi connectivity index (χ4n) is 2.64. The van der Waals surface area contributed by atoms with E-state index >= 15 is 0 Å². The highest BCUT2D eigenvalue weighted by Gasteiger charge is 2.50. The minimum atomic E-state index is -0.312. The summed E-state index contributed by atoms with van der Waals surface area (Å²) in [6.45, 7) is 10.5. The quantitative estimate of drug-likeness (QED) is 0.589. The summed E-state index contributed by atoms with van der Waals surface area (Å²) < 4.78 is 17.0. The monoisotopic (exact) mass is 280 g/mol. The maximum Gasteiger partial charge on any atom is 0.487 e. The molecular formula is C15H25BO4. The lowest BCUT2D eigenvalue weighted by atomic mass is 9.86. The Morgan fingerprint density at radius 1 is 1.35 bits per heavy atom. The molecule has 1 aliphatic heterocycles. The Hall–Kier alpha value is -0.805. The van der Waals surface area contributed by atoms with Crippen molar-refractivity contribution < 1.29 is 18.8 Å². The SMILES string of the molecule is CCOC(=O)C1CC/C(=C\B2OC(C)(C)C(C)(C)O2)C1. The van der Waals surface area contributed by atoms with Crippen LogP contribution < -0.4 is 0 Å². The number of allylic oxidation sites excluding steroid dienone is 1. The largest absolute Gasteiger partial charge is 0.487 e. The van der Waals surface area contributed by atoms with Crippen molar-refractivity contribution in [2.45, 2.75) is 65.1 Å². The Bertz CT molecular complexity index is 398. The second kappa shape index (κ2) is 5.53. The molecule has 0 aromatic carbocycles. The van der Waals surface area contributed by atoms with Crippen LogP contribution in [0.15, 0.2) is 11.5 Å². The molecule has 1 heterocycles. The Kier molecular flexibility index (Phi) is 4.31. The van der Waals surface area contributed by atoms with Crippen molar-refractivity contribution in [3.8, 4) is 0 Å². The third-order valence-electron chi connectivity index (χ3n) is 4.59. The third-order valence-corrected chi connectivity index (χ3v) is 4.59. The van der Waals surface area contributed by atoms with Crippen molar-refractivity contribution in [2.24, 2.45) is 5.92 Å². The van der Waals surface area contributed by atoms with Crippen LogP contribution in [0.25, 0.3) is 0 Å². The molecule has 20 heavy (non-hydrogen) atoms. The van der Waals surface area contributed by atoms with E-state index in [9.17, 15) is 4.79 Å². The van der Waals surface area contributed by atoms with Gasteiger partial charge in [-0.1, -0.05) is 11.5 Å². The van der Waals surface area contributed by atoms with E-state index < -0.39 is 0 Å². The molecule has 4 nitrogen and oxygen atoms in total. The van der Waals surface area contributed by atoms with Crippen molar-refractivity contribution in [1.82, 2.24) is 0 Å². The molecule has 1 unspecified atom stereocenters. The molecule has 5 heteroatoms. The predicted octanol–water partition coefficient (Wildman–Crippen LogP) is 2.91. The van der Waals surface area contributed by atoms with E-state index in [0.717, 1.165) is 19.3 Å². The molecule has 1 atom stereocenters. The lowest BCUT2D eigenvalue weighted by Crippen LogP contribution is -2.41. The van der Waals surface area contributed by atoms with Crippen LogP contribution in [-0.4, -0.2) is 30.9 Å². The third kappa shape index (κ3) is 3.09. The lowest BCUT2D eigenvalue weighted by molar-refractivity contribution is -0.147. The van der Waals surface area contributed by atoms with Gasteiger partial charge in [-0.05, 0) is 53.9 Å². The molecule has 1 aliphatic carbocycles. The minimum Gasteiger partial charge on any atom is -0.466 e. The number of carbonyl (C=O) groups is 1. The van der Waals surface area contributed by atoms with E-state index in [4.69, 9.17) is 14.0 Å². The number of hydrogen-bond acceptors (Lipinski definition) is 4. The summed E-state index contributed by atoms with van der Waals surface area (Å²) in [4.78, 5) is 11.7. The van der Waals surface area contributed by atoms with Crippen LogP contribution in [-0.2, 0) is 18.8 Å². The first kappa shape index (κ1) is 15.6. The van der Waals surface area contributed by atoms with Crippen LogP contribution in [0.3, 0.4) is 0 Å². The summed E-state index contributed by atoms with van der Waals surface area (Å²) in [6.07, 6.45) is 2.56. The van der Waals surface area contributed by atoms with Crippen LogP contribution >= 0.6 is 0 Å². The second-order valence-corrected chi connectivity index (χ2v) is 6.64. The second-order valence-electron chi connectivity index (χ2n) is 6.64. The molecule has 1 saturated heterocycles. The fourth-order valence-corrected chi connectivity index (χ4v) is 2.64. The lowest BCUT2D eigenvalue weighted by Gasteiger charge is -2.32. The van der Waals surface area contributed by atoms with Gasteiger partial charge in [0, 0.05) is 0 Å². The van der Waals surface area contributed by atoms with Crippen molar-refractivity contribution >= 4 is 13.1 Å². The summed E-state index contributed by atoms with van der Waals surface area (Å²) in [5, 5.41) is 0. The number of rotatable bonds is 3. The molecule has 0 aromatic rings. The number of carbonyl (C=O) groups excluding carboxylic acids is 1. The molecular weight excluding hydrogens is 255 g/mol. The van der Waals surface area contributed by atoms with E-state index in [0.29, 0.717) is 6.61 Å². The molecule has 0 aromatic heterocycles. The fraction of sp³-hybridized carbons (Fsp3) is 0.800. The highest BCUT2D eigenvalue weighted by molar-refractivity contribution is 6.51. The van der Waals surface area contributed by atoms with E-state index in [-0.39, 0.29) is 30.2 Å². The molecule has 2 fully saturated rings. The van der Waals surface area contributed by atoms with Crippen molar-refractivity contribution in [3.05, 3.63) is 11.5 Å². The summed E-state index contributed by atoms with van der Waals surface area (Å²) in [6, 6.07) is 0. The Morgan fingerprint density at radius 3 is 2.50 bits per heavy atom. The molecule has 0 radical (unpaired) electrons. The summed E-state index contributed by atoms with van der Waals surface area (Å²) in [5.74, 6) is 1.96. The molecule has 2 aliphatic rings. The number of esters is 1. The number of hydrogen-bond donors (Lipinski definition) is 0. The molecule has 0 N–H and O–H groups in total. The zero-order chi connectivity index (χ0) is 15.0. The van der Waals surface area contributed by atoms with Gasteiger partial charge in [0.05, 0.1) is 23.7 Å². The molecule has 0 bridgehead atoms. The zero-order valence-electron chi connectivity index (χ0n) is 13.2. The van der Waals surface area contributed by atoms with Crippen LogP contribution in [0.2, 0.25) is 0 Å². The first-order valence-electron chi connectivity index (χ1n) is 7.47.